The highest BCUT2D eigenvalue weighted by molar-refractivity contribution is 9.42. The summed E-state index contributed by atoms with van der Waals surface area (Å²) in [5.41, 5.74) is 0. The molecular formula is C14H22S6. The van der Waals surface area contributed by atoms with Gasteiger partial charge in [0.1, 0.15) is 0 Å². The molecule has 0 aromatic carbocycles. The molecule has 0 aromatic rings. The summed E-state index contributed by atoms with van der Waals surface area (Å²) < 4.78 is 0. The Balaban J connectivity index is 2.18. The van der Waals surface area contributed by atoms with Crippen molar-refractivity contribution in [2.24, 2.45) is 0 Å². The molecule has 1 aliphatic heterocycles. The van der Waals surface area contributed by atoms with Crippen LogP contribution in [0.4, 0.5) is 0 Å². The van der Waals surface area contributed by atoms with Crippen LogP contribution in [0, 0.1) is 0 Å². The number of allylic oxidation sites excluding steroid dienone is 5. The summed E-state index contributed by atoms with van der Waals surface area (Å²) in [6, 6.07) is 0. The third-order valence-electron chi connectivity index (χ3n) is 2.62. The molecule has 0 spiro atoms. The Morgan fingerprint density at radius 3 is 2.30 bits per heavy atom. The average molecular weight is 383 g/mol. The standard InChI is InChI=1S/C14H22S6/c1-2-4-6-8-10-12-14-16-18-20-19-17-15-13-11-9-7-5-3-1/h3,5,7,9,11,13H,1-2,4,6,8,10,12,14H2/b5-3+,9-7+,13-11-. The lowest BCUT2D eigenvalue weighted by atomic mass is 10.1. The molecule has 0 nitrogen and oxygen atoms in total. The van der Waals surface area contributed by atoms with E-state index in [1.807, 2.05) is 50.1 Å². The minimum absolute atomic E-state index is 1.22. The predicted molar refractivity (Wildman–Crippen MR) is 110 cm³/mol. The zero-order chi connectivity index (χ0) is 14.1. The van der Waals surface area contributed by atoms with Crippen molar-refractivity contribution in [3.63, 3.8) is 0 Å². The molecule has 0 unspecified atom stereocenters. The second kappa shape index (κ2) is 16.7. The van der Waals surface area contributed by atoms with E-state index >= 15 is 0 Å². The van der Waals surface area contributed by atoms with Crippen molar-refractivity contribution in [1.29, 1.82) is 0 Å². The molecule has 0 bridgehead atoms. The van der Waals surface area contributed by atoms with Crippen molar-refractivity contribution < 1.29 is 0 Å². The maximum Gasteiger partial charge on any atom is 0.00454 e. The van der Waals surface area contributed by atoms with Crippen molar-refractivity contribution in [2.75, 3.05) is 5.75 Å². The monoisotopic (exact) mass is 382 g/mol. The SMILES string of the molecule is C1=C\SSSSSSCCCCCCCC/C=C/C=C/1. The molecule has 0 atom stereocenters. The van der Waals surface area contributed by atoms with Crippen molar-refractivity contribution in [2.45, 2.75) is 44.9 Å². The quantitative estimate of drug-likeness (QED) is 0.383. The second-order valence-corrected chi connectivity index (χ2v) is 13.7. The Morgan fingerprint density at radius 2 is 1.35 bits per heavy atom. The number of hydrogen-bond donors (Lipinski definition) is 0. The van der Waals surface area contributed by atoms with Gasteiger partial charge in [0.05, 0.1) is 0 Å². The molecule has 6 heteroatoms. The van der Waals surface area contributed by atoms with Crippen LogP contribution in [-0.2, 0) is 0 Å². The topological polar surface area (TPSA) is 0 Å². The van der Waals surface area contributed by atoms with Crippen molar-refractivity contribution >= 4 is 60.9 Å². The van der Waals surface area contributed by atoms with Crippen molar-refractivity contribution in [3.05, 3.63) is 35.8 Å². The van der Waals surface area contributed by atoms with E-state index in [4.69, 9.17) is 0 Å². The zero-order valence-electron chi connectivity index (χ0n) is 11.6. The Hall–Kier alpha value is 1.32. The van der Waals surface area contributed by atoms with Gasteiger partial charge < -0.3 is 0 Å². The molecule has 0 saturated carbocycles. The summed E-state index contributed by atoms with van der Waals surface area (Å²) in [6.07, 6.45) is 20.3. The van der Waals surface area contributed by atoms with E-state index in [1.54, 1.807) is 10.8 Å². The van der Waals surface area contributed by atoms with Gasteiger partial charge in [-0.2, -0.15) is 0 Å². The highest BCUT2D eigenvalue weighted by atomic mass is 33.9. The molecule has 1 heterocycles. The van der Waals surface area contributed by atoms with Crippen LogP contribution in [0.25, 0.3) is 0 Å². The van der Waals surface area contributed by atoms with Gasteiger partial charge in [-0.25, -0.2) is 0 Å². The van der Waals surface area contributed by atoms with Crippen LogP contribution in [0.2, 0.25) is 0 Å². The van der Waals surface area contributed by atoms with E-state index in [0.29, 0.717) is 0 Å². The third-order valence-corrected chi connectivity index (χ3v) is 13.1. The van der Waals surface area contributed by atoms with Gasteiger partial charge in [-0.3, -0.25) is 0 Å². The lowest BCUT2D eigenvalue weighted by Crippen LogP contribution is -1.81. The molecule has 114 valence electrons. The summed E-state index contributed by atoms with van der Waals surface area (Å²) in [7, 11) is 11.3. The minimum atomic E-state index is 1.22. The Kier molecular flexibility index (Phi) is 16.2. The van der Waals surface area contributed by atoms with Crippen LogP contribution in [0.1, 0.15) is 44.9 Å². The van der Waals surface area contributed by atoms with Gasteiger partial charge in [-0.05, 0) is 64.0 Å². The molecule has 20 heavy (non-hydrogen) atoms. The van der Waals surface area contributed by atoms with Crippen molar-refractivity contribution in [1.82, 2.24) is 0 Å². The van der Waals surface area contributed by atoms with Gasteiger partial charge in [0.2, 0.25) is 0 Å². The second-order valence-electron chi connectivity index (χ2n) is 4.24. The molecule has 0 N–H and O–H groups in total. The first-order chi connectivity index (χ1) is 10.0. The van der Waals surface area contributed by atoms with Gasteiger partial charge >= 0.3 is 0 Å². The summed E-state index contributed by atoms with van der Waals surface area (Å²) >= 11 is 0. The van der Waals surface area contributed by atoms with Crippen LogP contribution >= 0.6 is 60.9 Å². The van der Waals surface area contributed by atoms with Gasteiger partial charge in [0.15, 0.2) is 0 Å². The van der Waals surface area contributed by atoms with Gasteiger partial charge in [-0.1, -0.05) is 77.7 Å². The van der Waals surface area contributed by atoms with E-state index in [9.17, 15) is 0 Å². The van der Waals surface area contributed by atoms with E-state index in [2.05, 4.69) is 35.8 Å². The largest absolute Gasteiger partial charge is 0.0845 e. The van der Waals surface area contributed by atoms with Crippen LogP contribution in [0.5, 0.6) is 0 Å². The third kappa shape index (κ3) is 14.3. The smallest absolute Gasteiger partial charge is 0.00454 e. The zero-order valence-corrected chi connectivity index (χ0v) is 16.5. The predicted octanol–water partition coefficient (Wildman–Crippen LogP) is 8.33. The number of rotatable bonds is 0. The maximum absolute atomic E-state index is 2.28. The lowest BCUT2D eigenvalue weighted by molar-refractivity contribution is 0.613. The van der Waals surface area contributed by atoms with Crippen LogP contribution in [-0.4, -0.2) is 5.75 Å². The minimum Gasteiger partial charge on any atom is -0.0845 e. The highest BCUT2D eigenvalue weighted by Gasteiger charge is 1.95. The van der Waals surface area contributed by atoms with Gasteiger partial charge in [-0.15, -0.1) is 0 Å². The Morgan fingerprint density at radius 1 is 0.600 bits per heavy atom. The first-order valence-electron chi connectivity index (χ1n) is 6.93. The Bertz CT molecular complexity index is 259. The number of hydrogen-bond acceptors (Lipinski definition) is 6. The lowest BCUT2D eigenvalue weighted by Gasteiger charge is -2.01. The van der Waals surface area contributed by atoms with Gasteiger partial charge in [0.25, 0.3) is 0 Å². The van der Waals surface area contributed by atoms with Crippen LogP contribution < -0.4 is 0 Å². The summed E-state index contributed by atoms with van der Waals surface area (Å²) in [6.45, 7) is 0. The van der Waals surface area contributed by atoms with Crippen LogP contribution in [0.15, 0.2) is 35.8 Å². The van der Waals surface area contributed by atoms with Crippen LogP contribution in [0.3, 0.4) is 0 Å². The molecule has 0 radical (unpaired) electrons. The average Bonchev–Trinajstić information content (AvgIpc) is 2.46. The molecule has 0 amide bonds. The first-order valence-corrected chi connectivity index (χ1v) is 14.6. The molecule has 0 fully saturated rings. The molecule has 1 rings (SSSR count). The van der Waals surface area contributed by atoms with E-state index in [0.717, 1.165) is 0 Å². The fourth-order valence-electron chi connectivity index (χ4n) is 1.63. The molecule has 0 aliphatic carbocycles. The highest BCUT2D eigenvalue weighted by Crippen LogP contribution is 2.52. The normalized spacial score (nSPS) is 26.4. The summed E-state index contributed by atoms with van der Waals surface area (Å²) in [5, 5.41) is 2.14. The summed E-state index contributed by atoms with van der Waals surface area (Å²) in [5.74, 6) is 1.30. The maximum atomic E-state index is 2.28. The van der Waals surface area contributed by atoms with E-state index < -0.39 is 0 Å². The fourth-order valence-corrected chi connectivity index (χ4v) is 12.5. The molecule has 0 saturated heterocycles. The molecule has 1 aliphatic rings. The summed E-state index contributed by atoms with van der Waals surface area (Å²) in [4.78, 5) is 0. The molecular weight excluding hydrogens is 361 g/mol. The first kappa shape index (κ1) is 19.4. The van der Waals surface area contributed by atoms with E-state index in [1.165, 1.54) is 50.7 Å². The van der Waals surface area contributed by atoms with Crippen molar-refractivity contribution in [3.8, 4) is 0 Å². The van der Waals surface area contributed by atoms with E-state index in [-0.39, 0.29) is 0 Å². The van der Waals surface area contributed by atoms with Gasteiger partial charge in [0, 0.05) is 5.75 Å². The fraction of sp³-hybridized carbons (Fsp3) is 0.571. The molecule has 0 aromatic heterocycles. The Labute approximate surface area is 146 Å².